The maximum Gasteiger partial charge on any atom is 0.573 e. The molecule has 1 heterocycles. The topological polar surface area (TPSA) is 91.6 Å². The number of pyridine rings is 1. The van der Waals surface area contributed by atoms with Crippen molar-refractivity contribution in [2.24, 2.45) is 0 Å². The second-order valence-corrected chi connectivity index (χ2v) is 4.60. The average Bonchev–Trinajstić information content (AvgIpc) is 2.32. The molecule has 0 radical (unpaired) electrons. The lowest BCUT2D eigenvalue weighted by Crippen LogP contribution is -2.19. The summed E-state index contributed by atoms with van der Waals surface area (Å²) in [6.07, 6.45) is -4.97. The number of alkyl halides is 3. The van der Waals surface area contributed by atoms with E-state index in [1.165, 1.54) is 29.5 Å². The SMILES string of the molecule is CCOC(=O)Cc1c([N+](=O)[O-])ncc(OC(F)(F)F)c1I. The number of ether oxygens (including phenoxy) is 2. The number of hydrogen-bond acceptors (Lipinski definition) is 6. The van der Waals surface area contributed by atoms with Gasteiger partial charge in [-0.2, -0.15) is 0 Å². The highest BCUT2D eigenvalue weighted by Crippen LogP contribution is 2.33. The fourth-order valence-corrected chi connectivity index (χ4v) is 2.05. The average molecular weight is 420 g/mol. The van der Waals surface area contributed by atoms with Crippen LogP contribution in [0.15, 0.2) is 6.20 Å². The van der Waals surface area contributed by atoms with Crippen molar-refractivity contribution < 1.29 is 32.4 Å². The molecule has 0 saturated heterocycles. The molecule has 0 bridgehead atoms. The molecule has 21 heavy (non-hydrogen) atoms. The van der Waals surface area contributed by atoms with Crippen molar-refractivity contribution in [1.82, 2.24) is 4.98 Å². The molecular formula is C10H8F3IN2O5. The highest BCUT2D eigenvalue weighted by molar-refractivity contribution is 14.1. The van der Waals surface area contributed by atoms with Crippen molar-refractivity contribution in [2.45, 2.75) is 19.7 Å². The summed E-state index contributed by atoms with van der Waals surface area (Å²) >= 11 is 1.42. The Hall–Kier alpha value is -1.66. The molecular weight excluding hydrogens is 412 g/mol. The minimum absolute atomic E-state index is 0.0371. The number of esters is 1. The third-order valence-corrected chi connectivity index (χ3v) is 3.26. The van der Waals surface area contributed by atoms with E-state index >= 15 is 0 Å². The summed E-state index contributed by atoms with van der Waals surface area (Å²) in [6, 6.07) is 0. The minimum Gasteiger partial charge on any atom is -0.466 e. The number of nitro groups is 1. The van der Waals surface area contributed by atoms with Crippen LogP contribution >= 0.6 is 22.6 Å². The number of carbonyl (C=O) groups is 1. The van der Waals surface area contributed by atoms with Gasteiger partial charge in [-0.25, -0.2) is 0 Å². The van der Waals surface area contributed by atoms with Crippen LogP contribution in [-0.2, 0) is 16.0 Å². The van der Waals surface area contributed by atoms with Crippen molar-refractivity contribution in [1.29, 1.82) is 0 Å². The van der Waals surface area contributed by atoms with Gasteiger partial charge in [0.25, 0.3) is 0 Å². The van der Waals surface area contributed by atoms with E-state index in [1.54, 1.807) is 0 Å². The molecule has 0 aliphatic heterocycles. The summed E-state index contributed by atoms with van der Waals surface area (Å²) in [4.78, 5) is 24.6. The first-order chi connectivity index (χ1) is 9.65. The normalized spacial score (nSPS) is 11.1. The van der Waals surface area contributed by atoms with E-state index < -0.39 is 35.2 Å². The van der Waals surface area contributed by atoms with Gasteiger partial charge in [-0.3, -0.25) is 4.79 Å². The first-order valence-corrected chi connectivity index (χ1v) is 6.46. The van der Waals surface area contributed by atoms with Crippen LogP contribution in [0.4, 0.5) is 19.0 Å². The predicted octanol–water partition coefficient (Wildman–Crippen LogP) is 2.60. The Morgan fingerprint density at radius 2 is 2.14 bits per heavy atom. The first kappa shape index (κ1) is 17.4. The van der Waals surface area contributed by atoms with E-state index in [0.29, 0.717) is 6.20 Å². The van der Waals surface area contributed by atoms with Gasteiger partial charge in [0.1, 0.15) is 0 Å². The molecule has 0 N–H and O–H groups in total. The molecule has 1 aromatic heterocycles. The summed E-state index contributed by atoms with van der Waals surface area (Å²) in [5.41, 5.74) is -0.291. The van der Waals surface area contributed by atoms with Gasteiger partial charge in [0.05, 0.1) is 22.2 Å². The lowest BCUT2D eigenvalue weighted by Gasteiger charge is -2.11. The Kier molecular flexibility index (Phi) is 5.69. The van der Waals surface area contributed by atoms with Gasteiger partial charge in [0, 0.05) is 0 Å². The van der Waals surface area contributed by atoms with E-state index in [0.717, 1.165) is 0 Å². The number of nitrogens with zero attached hydrogens (tertiary/aromatic N) is 2. The van der Waals surface area contributed by atoms with E-state index in [9.17, 15) is 28.1 Å². The summed E-state index contributed by atoms with van der Waals surface area (Å²) in [5.74, 6) is -2.25. The summed E-state index contributed by atoms with van der Waals surface area (Å²) in [5, 5.41) is 10.8. The molecule has 0 aromatic carbocycles. The van der Waals surface area contributed by atoms with Crippen LogP contribution in [0.3, 0.4) is 0 Å². The molecule has 0 unspecified atom stereocenters. The van der Waals surface area contributed by atoms with Crippen molar-refractivity contribution >= 4 is 34.4 Å². The highest BCUT2D eigenvalue weighted by Gasteiger charge is 2.35. The van der Waals surface area contributed by atoms with Crippen LogP contribution < -0.4 is 4.74 Å². The Morgan fingerprint density at radius 3 is 2.62 bits per heavy atom. The number of carbonyl (C=O) groups excluding carboxylic acids is 1. The third-order valence-electron chi connectivity index (χ3n) is 2.08. The minimum atomic E-state index is -4.97. The van der Waals surface area contributed by atoms with Crippen molar-refractivity contribution in [2.75, 3.05) is 6.61 Å². The molecule has 0 atom stereocenters. The highest BCUT2D eigenvalue weighted by atomic mass is 127. The van der Waals surface area contributed by atoms with Gasteiger partial charge in [-0.1, -0.05) is 0 Å². The van der Waals surface area contributed by atoms with Crippen LogP contribution in [0.5, 0.6) is 5.75 Å². The second-order valence-electron chi connectivity index (χ2n) is 3.53. The predicted molar refractivity (Wildman–Crippen MR) is 70.6 cm³/mol. The molecule has 0 saturated carbocycles. The molecule has 0 fully saturated rings. The lowest BCUT2D eigenvalue weighted by atomic mass is 10.2. The van der Waals surface area contributed by atoms with Gasteiger partial charge in [-0.15, -0.1) is 13.2 Å². The molecule has 11 heteroatoms. The summed E-state index contributed by atoms with van der Waals surface area (Å²) < 4.78 is 44.8. The maximum atomic E-state index is 12.2. The quantitative estimate of drug-likeness (QED) is 0.315. The van der Waals surface area contributed by atoms with E-state index in [4.69, 9.17) is 0 Å². The summed E-state index contributed by atoms with van der Waals surface area (Å²) in [7, 11) is 0. The first-order valence-electron chi connectivity index (χ1n) is 5.38. The number of halogens is 4. The zero-order chi connectivity index (χ0) is 16.2. The van der Waals surface area contributed by atoms with Crippen molar-refractivity contribution in [3.8, 4) is 5.75 Å². The lowest BCUT2D eigenvalue weighted by molar-refractivity contribution is -0.390. The van der Waals surface area contributed by atoms with Crippen LogP contribution in [0.1, 0.15) is 12.5 Å². The Balaban J connectivity index is 3.24. The smallest absolute Gasteiger partial charge is 0.466 e. The Bertz CT molecular complexity index is 564. The fraction of sp³-hybridized carbons (Fsp3) is 0.400. The zero-order valence-electron chi connectivity index (χ0n) is 10.4. The largest absolute Gasteiger partial charge is 0.573 e. The molecule has 1 rings (SSSR count). The second kappa shape index (κ2) is 6.87. The number of aromatic nitrogens is 1. The van der Waals surface area contributed by atoms with E-state index in [2.05, 4.69) is 14.5 Å². The third kappa shape index (κ3) is 4.99. The zero-order valence-corrected chi connectivity index (χ0v) is 12.6. The number of hydrogen-bond donors (Lipinski definition) is 0. The van der Waals surface area contributed by atoms with E-state index in [-0.39, 0.29) is 15.7 Å². The van der Waals surface area contributed by atoms with Crippen LogP contribution in [0.2, 0.25) is 0 Å². The van der Waals surface area contributed by atoms with Gasteiger partial charge in [-0.05, 0) is 39.4 Å². The number of rotatable bonds is 5. The molecule has 7 nitrogen and oxygen atoms in total. The molecule has 0 aliphatic rings. The van der Waals surface area contributed by atoms with Gasteiger partial charge in [0.2, 0.25) is 0 Å². The maximum absolute atomic E-state index is 12.2. The van der Waals surface area contributed by atoms with Crippen LogP contribution in [0, 0.1) is 13.7 Å². The standard InChI is InChI=1S/C10H8F3IN2O5/c1-2-20-7(17)3-5-8(14)6(21-10(11,12)13)4-15-9(5)16(18)19/h4H,2-3H2,1H3. The van der Waals surface area contributed by atoms with E-state index in [1.807, 2.05) is 0 Å². The van der Waals surface area contributed by atoms with Gasteiger partial charge >= 0.3 is 18.1 Å². The van der Waals surface area contributed by atoms with Crippen LogP contribution in [-0.4, -0.2) is 28.8 Å². The fourth-order valence-electron chi connectivity index (χ4n) is 1.37. The molecule has 0 spiro atoms. The van der Waals surface area contributed by atoms with Crippen molar-refractivity contribution in [3.05, 3.63) is 25.4 Å². The monoisotopic (exact) mass is 420 g/mol. The molecule has 1 aromatic rings. The molecule has 116 valence electrons. The van der Waals surface area contributed by atoms with Crippen LogP contribution in [0.25, 0.3) is 0 Å². The van der Waals surface area contributed by atoms with Crippen molar-refractivity contribution in [3.63, 3.8) is 0 Å². The van der Waals surface area contributed by atoms with Gasteiger partial charge < -0.3 is 19.6 Å². The molecule has 0 amide bonds. The molecule has 0 aliphatic carbocycles. The van der Waals surface area contributed by atoms with Gasteiger partial charge in [0.15, 0.2) is 11.9 Å². The Morgan fingerprint density at radius 1 is 1.52 bits per heavy atom. The summed E-state index contributed by atoms with van der Waals surface area (Å²) in [6.45, 7) is 1.56. The Labute approximate surface area is 129 Å².